The van der Waals surface area contributed by atoms with Gasteiger partial charge in [-0.05, 0) is 47.5 Å². The third kappa shape index (κ3) is 5.21. The number of carbonyl (C=O) groups excluding carboxylic acids is 2. The lowest BCUT2D eigenvalue weighted by molar-refractivity contribution is -0.150. The maximum atomic E-state index is 11.8. The molecule has 0 saturated carbocycles. The van der Waals surface area contributed by atoms with Crippen LogP contribution in [0.15, 0.2) is 55.1 Å². The molecule has 0 radical (unpaired) electrons. The molecule has 0 saturated heterocycles. The number of hydrogen-bond acceptors (Lipinski definition) is 4. The summed E-state index contributed by atoms with van der Waals surface area (Å²) < 4.78 is 10.3. The van der Waals surface area contributed by atoms with Crippen LogP contribution in [0.1, 0.15) is 12.5 Å². The van der Waals surface area contributed by atoms with Gasteiger partial charge >= 0.3 is 5.97 Å². The van der Waals surface area contributed by atoms with Gasteiger partial charge < -0.3 is 14.8 Å². The van der Waals surface area contributed by atoms with E-state index in [9.17, 15) is 9.59 Å². The molecule has 0 spiro atoms. The van der Waals surface area contributed by atoms with Crippen LogP contribution in [-0.4, -0.2) is 31.6 Å². The van der Waals surface area contributed by atoms with Gasteiger partial charge in [-0.3, -0.25) is 4.79 Å². The Kier molecular flexibility index (Phi) is 6.34. The van der Waals surface area contributed by atoms with Crippen LogP contribution >= 0.6 is 0 Å². The number of esters is 1. The Morgan fingerprint density at radius 3 is 2.64 bits per heavy atom. The second-order valence-electron chi connectivity index (χ2n) is 5.42. The van der Waals surface area contributed by atoms with Crippen molar-refractivity contribution in [3.8, 4) is 5.75 Å². The summed E-state index contributed by atoms with van der Waals surface area (Å²) in [6.07, 6.45) is 3.66. The van der Waals surface area contributed by atoms with E-state index in [0.717, 1.165) is 22.1 Å². The molecule has 2 rings (SSSR count). The topological polar surface area (TPSA) is 64.6 Å². The molecular formula is C20H21NO4. The number of hydrogen-bond donors (Lipinski definition) is 1. The van der Waals surface area contributed by atoms with E-state index >= 15 is 0 Å². The number of carbonyl (C=O) groups is 2. The summed E-state index contributed by atoms with van der Waals surface area (Å²) in [4.78, 5) is 23.5. The average Bonchev–Trinajstić information content (AvgIpc) is 2.63. The standard InChI is InChI=1S/C20H21NO4/c1-4-11-21-20(23)14(2)25-19(22)10-6-15-5-7-17-13-18(24-3)9-8-16(17)12-15/h4-10,12-14H,1,11H2,2-3H3,(H,21,23)/b10-6+/t14-/m0/s1. The van der Waals surface area contributed by atoms with Crippen molar-refractivity contribution in [2.45, 2.75) is 13.0 Å². The predicted molar refractivity (Wildman–Crippen MR) is 98.3 cm³/mol. The Bertz CT molecular complexity index is 810. The number of rotatable bonds is 7. The molecular weight excluding hydrogens is 318 g/mol. The van der Waals surface area contributed by atoms with Crippen molar-refractivity contribution in [1.29, 1.82) is 0 Å². The summed E-state index contributed by atoms with van der Waals surface area (Å²) in [7, 11) is 1.63. The molecule has 1 N–H and O–H groups in total. The Morgan fingerprint density at radius 2 is 1.92 bits per heavy atom. The molecule has 0 unspecified atom stereocenters. The molecule has 0 aliphatic carbocycles. The van der Waals surface area contributed by atoms with Crippen LogP contribution in [-0.2, 0) is 14.3 Å². The molecule has 5 nitrogen and oxygen atoms in total. The molecule has 5 heteroatoms. The van der Waals surface area contributed by atoms with Gasteiger partial charge in [-0.2, -0.15) is 0 Å². The monoisotopic (exact) mass is 339 g/mol. The van der Waals surface area contributed by atoms with Gasteiger partial charge in [-0.15, -0.1) is 6.58 Å². The molecule has 130 valence electrons. The number of benzene rings is 2. The molecule has 0 fully saturated rings. The Morgan fingerprint density at radius 1 is 1.20 bits per heavy atom. The first-order chi connectivity index (χ1) is 12.0. The van der Waals surface area contributed by atoms with Crippen LogP contribution in [0.5, 0.6) is 5.75 Å². The minimum Gasteiger partial charge on any atom is -0.497 e. The largest absolute Gasteiger partial charge is 0.497 e. The fourth-order valence-electron chi connectivity index (χ4n) is 2.22. The van der Waals surface area contributed by atoms with E-state index in [0.29, 0.717) is 6.54 Å². The highest BCUT2D eigenvalue weighted by Gasteiger charge is 2.15. The number of ether oxygens (including phenoxy) is 2. The smallest absolute Gasteiger partial charge is 0.331 e. The Labute approximate surface area is 146 Å². The van der Waals surface area contributed by atoms with E-state index in [1.54, 1.807) is 19.3 Å². The van der Waals surface area contributed by atoms with E-state index in [4.69, 9.17) is 9.47 Å². The second-order valence-corrected chi connectivity index (χ2v) is 5.42. The fraction of sp³-hybridized carbons (Fsp3) is 0.200. The lowest BCUT2D eigenvalue weighted by Gasteiger charge is -2.11. The van der Waals surface area contributed by atoms with Crippen molar-refractivity contribution in [3.63, 3.8) is 0 Å². The van der Waals surface area contributed by atoms with Gasteiger partial charge in [0.1, 0.15) is 5.75 Å². The van der Waals surface area contributed by atoms with Gasteiger partial charge in [-0.25, -0.2) is 4.79 Å². The number of amides is 1. The molecule has 0 aliphatic rings. The van der Waals surface area contributed by atoms with Crippen LogP contribution in [0.4, 0.5) is 0 Å². The molecule has 25 heavy (non-hydrogen) atoms. The Hall–Kier alpha value is -3.08. The summed E-state index contributed by atoms with van der Waals surface area (Å²) in [5.41, 5.74) is 0.860. The molecule has 0 aromatic heterocycles. The van der Waals surface area contributed by atoms with Crippen molar-refractivity contribution in [2.24, 2.45) is 0 Å². The highest BCUT2D eigenvalue weighted by molar-refractivity contribution is 5.92. The first kappa shape index (κ1) is 18.3. The van der Waals surface area contributed by atoms with E-state index in [2.05, 4.69) is 11.9 Å². The lowest BCUT2D eigenvalue weighted by Crippen LogP contribution is -2.35. The van der Waals surface area contributed by atoms with Crippen molar-refractivity contribution in [1.82, 2.24) is 5.32 Å². The molecule has 1 amide bonds. The maximum Gasteiger partial charge on any atom is 0.331 e. The van der Waals surface area contributed by atoms with Gasteiger partial charge in [0, 0.05) is 12.6 Å². The van der Waals surface area contributed by atoms with E-state index in [1.807, 2.05) is 36.4 Å². The van der Waals surface area contributed by atoms with Crippen LogP contribution in [0.25, 0.3) is 16.8 Å². The van der Waals surface area contributed by atoms with Crippen LogP contribution in [0.2, 0.25) is 0 Å². The number of fused-ring (bicyclic) bond motifs is 1. The summed E-state index contributed by atoms with van der Waals surface area (Å²) in [5, 5.41) is 4.66. The normalized spacial score (nSPS) is 11.9. The van der Waals surface area contributed by atoms with Gasteiger partial charge in [0.2, 0.25) is 0 Å². The summed E-state index contributed by atoms with van der Waals surface area (Å²) in [6, 6.07) is 11.6. The molecule has 1 atom stereocenters. The number of nitrogens with one attached hydrogen (secondary N) is 1. The minimum absolute atomic E-state index is 0.332. The molecule has 2 aromatic carbocycles. The summed E-state index contributed by atoms with van der Waals surface area (Å²) >= 11 is 0. The van der Waals surface area contributed by atoms with Gasteiger partial charge in [0.05, 0.1) is 7.11 Å². The van der Waals surface area contributed by atoms with Crippen molar-refractivity contribution in [2.75, 3.05) is 13.7 Å². The first-order valence-electron chi connectivity index (χ1n) is 7.88. The predicted octanol–water partition coefficient (Wildman–Crippen LogP) is 3.10. The highest BCUT2D eigenvalue weighted by atomic mass is 16.5. The van der Waals surface area contributed by atoms with Gasteiger partial charge in [0.25, 0.3) is 5.91 Å². The van der Waals surface area contributed by atoms with Crippen LogP contribution in [0.3, 0.4) is 0 Å². The van der Waals surface area contributed by atoms with E-state index < -0.39 is 12.1 Å². The quantitative estimate of drug-likeness (QED) is 0.478. The van der Waals surface area contributed by atoms with Crippen molar-refractivity contribution in [3.05, 3.63) is 60.7 Å². The van der Waals surface area contributed by atoms with Crippen LogP contribution < -0.4 is 10.1 Å². The number of methoxy groups -OCH3 is 1. The molecule has 0 bridgehead atoms. The van der Waals surface area contributed by atoms with Crippen LogP contribution in [0, 0.1) is 0 Å². The second kappa shape index (κ2) is 8.68. The van der Waals surface area contributed by atoms with Crippen molar-refractivity contribution >= 4 is 28.7 Å². The molecule has 0 heterocycles. The zero-order chi connectivity index (χ0) is 18.2. The first-order valence-corrected chi connectivity index (χ1v) is 7.88. The zero-order valence-corrected chi connectivity index (χ0v) is 14.3. The third-order valence-corrected chi connectivity index (χ3v) is 3.57. The fourth-order valence-corrected chi connectivity index (χ4v) is 2.22. The maximum absolute atomic E-state index is 11.8. The van der Waals surface area contributed by atoms with Gasteiger partial charge in [0.15, 0.2) is 6.10 Å². The lowest BCUT2D eigenvalue weighted by atomic mass is 10.1. The third-order valence-electron chi connectivity index (χ3n) is 3.57. The SMILES string of the molecule is C=CCNC(=O)[C@H](C)OC(=O)/C=C/c1ccc2cc(OC)ccc2c1. The molecule has 2 aromatic rings. The molecule has 0 aliphatic heterocycles. The van der Waals surface area contributed by atoms with Crippen molar-refractivity contribution < 1.29 is 19.1 Å². The summed E-state index contributed by atoms with van der Waals surface area (Å²) in [6.45, 7) is 5.36. The summed E-state index contributed by atoms with van der Waals surface area (Å²) in [5.74, 6) is -0.138. The Balaban J connectivity index is 2.00. The minimum atomic E-state index is -0.860. The highest BCUT2D eigenvalue weighted by Crippen LogP contribution is 2.22. The van der Waals surface area contributed by atoms with E-state index in [1.165, 1.54) is 13.0 Å². The average molecular weight is 339 g/mol. The van der Waals surface area contributed by atoms with Gasteiger partial charge in [-0.1, -0.05) is 24.3 Å². The zero-order valence-electron chi connectivity index (χ0n) is 14.3. The van der Waals surface area contributed by atoms with E-state index in [-0.39, 0.29) is 5.91 Å².